The van der Waals surface area contributed by atoms with Gasteiger partial charge in [0.2, 0.25) is 0 Å². The van der Waals surface area contributed by atoms with Crippen molar-refractivity contribution in [1.29, 1.82) is 0 Å². The molecule has 0 aliphatic heterocycles. The zero-order valence-electron chi connectivity index (χ0n) is 8.20. The van der Waals surface area contributed by atoms with E-state index in [0.29, 0.717) is 5.58 Å². The van der Waals surface area contributed by atoms with Crippen LogP contribution in [0.25, 0.3) is 11.0 Å². The van der Waals surface area contributed by atoms with Crippen LogP contribution < -0.4 is 5.63 Å². The first-order valence-electron chi connectivity index (χ1n) is 4.89. The predicted molar refractivity (Wildman–Crippen MR) is 64.6 cm³/mol. The van der Waals surface area contributed by atoms with Crippen molar-refractivity contribution in [2.24, 2.45) is 0 Å². The second-order valence-electron chi connectivity index (χ2n) is 3.38. The normalized spacial score (nSPS) is 10.7. The van der Waals surface area contributed by atoms with Crippen LogP contribution >= 0.6 is 15.9 Å². The van der Waals surface area contributed by atoms with E-state index >= 15 is 0 Å². The molecule has 0 radical (unpaired) electrons. The fraction of sp³-hybridized carbons (Fsp3) is 0.250. The van der Waals surface area contributed by atoms with Gasteiger partial charge in [-0.15, -0.1) is 0 Å². The number of aryl methyl sites for hydroxylation is 1. The van der Waals surface area contributed by atoms with E-state index in [0.717, 1.165) is 29.1 Å². The Morgan fingerprint density at radius 2 is 2.07 bits per heavy atom. The molecule has 0 bridgehead atoms. The van der Waals surface area contributed by atoms with Crippen molar-refractivity contribution in [3.63, 3.8) is 0 Å². The minimum Gasteiger partial charge on any atom is -0.423 e. The smallest absolute Gasteiger partial charge is 0.336 e. The van der Waals surface area contributed by atoms with E-state index in [1.807, 2.05) is 24.3 Å². The van der Waals surface area contributed by atoms with E-state index in [-0.39, 0.29) is 5.63 Å². The molecule has 0 atom stereocenters. The molecule has 3 heteroatoms. The Bertz CT molecular complexity index is 516. The van der Waals surface area contributed by atoms with Gasteiger partial charge >= 0.3 is 5.63 Å². The number of hydrogen-bond donors (Lipinski definition) is 0. The van der Waals surface area contributed by atoms with Crippen LogP contribution in [0.3, 0.4) is 0 Å². The van der Waals surface area contributed by atoms with Crippen molar-refractivity contribution in [3.8, 4) is 0 Å². The summed E-state index contributed by atoms with van der Waals surface area (Å²) in [6, 6.07) is 9.24. The first kappa shape index (κ1) is 10.4. The fourth-order valence-corrected chi connectivity index (χ4v) is 1.92. The summed E-state index contributed by atoms with van der Waals surface area (Å²) in [7, 11) is 0. The summed E-state index contributed by atoms with van der Waals surface area (Å²) in [6.45, 7) is 0. The topological polar surface area (TPSA) is 30.2 Å². The number of alkyl halides is 1. The van der Waals surface area contributed by atoms with Crippen molar-refractivity contribution in [1.82, 2.24) is 0 Å². The van der Waals surface area contributed by atoms with E-state index < -0.39 is 0 Å². The first-order chi connectivity index (χ1) is 7.31. The third-order valence-electron chi connectivity index (χ3n) is 2.32. The Balaban J connectivity index is 2.55. The second-order valence-corrected chi connectivity index (χ2v) is 4.17. The van der Waals surface area contributed by atoms with Gasteiger partial charge in [0.05, 0.1) is 0 Å². The lowest BCUT2D eigenvalue weighted by atomic mass is 10.1. The molecule has 0 amide bonds. The van der Waals surface area contributed by atoms with Gasteiger partial charge in [0.15, 0.2) is 0 Å². The molecule has 2 aromatic rings. The lowest BCUT2D eigenvalue weighted by Crippen LogP contribution is -2.00. The van der Waals surface area contributed by atoms with Crippen molar-refractivity contribution >= 4 is 26.9 Å². The molecular formula is C12H11BrO2. The Kier molecular flexibility index (Phi) is 3.21. The summed E-state index contributed by atoms with van der Waals surface area (Å²) in [5, 5.41) is 1.99. The number of rotatable bonds is 3. The molecule has 2 nitrogen and oxygen atoms in total. The Morgan fingerprint density at radius 3 is 2.87 bits per heavy atom. The molecule has 1 aromatic carbocycles. The number of hydrogen-bond acceptors (Lipinski definition) is 2. The minimum atomic E-state index is -0.265. The zero-order valence-corrected chi connectivity index (χ0v) is 9.79. The lowest BCUT2D eigenvalue weighted by Gasteiger charge is -2.03. The molecule has 0 saturated carbocycles. The Hall–Kier alpha value is -1.09. The van der Waals surface area contributed by atoms with Crippen LogP contribution in [0.5, 0.6) is 0 Å². The van der Waals surface area contributed by atoms with Gasteiger partial charge in [-0.2, -0.15) is 0 Å². The second kappa shape index (κ2) is 4.62. The highest BCUT2D eigenvalue weighted by Crippen LogP contribution is 2.17. The highest BCUT2D eigenvalue weighted by atomic mass is 79.9. The Labute approximate surface area is 96.0 Å². The largest absolute Gasteiger partial charge is 0.423 e. The quantitative estimate of drug-likeness (QED) is 0.631. The number of fused-ring (bicyclic) bond motifs is 1. The van der Waals surface area contributed by atoms with Crippen molar-refractivity contribution in [2.75, 3.05) is 5.33 Å². The highest BCUT2D eigenvalue weighted by Gasteiger charge is 2.03. The molecule has 0 fully saturated rings. The molecule has 78 valence electrons. The van der Waals surface area contributed by atoms with Gasteiger partial charge in [0, 0.05) is 16.8 Å². The summed E-state index contributed by atoms with van der Waals surface area (Å²) in [5.41, 5.74) is 1.48. The number of benzene rings is 1. The van der Waals surface area contributed by atoms with E-state index in [1.54, 1.807) is 6.07 Å². The average Bonchev–Trinajstić information content (AvgIpc) is 2.25. The fourth-order valence-electron chi connectivity index (χ4n) is 1.64. The summed E-state index contributed by atoms with van der Waals surface area (Å²) in [4.78, 5) is 11.3. The molecule has 2 rings (SSSR count). The summed E-state index contributed by atoms with van der Waals surface area (Å²) in [5.74, 6) is 0. The van der Waals surface area contributed by atoms with Crippen LogP contribution in [0.4, 0.5) is 0 Å². The first-order valence-corrected chi connectivity index (χ1v) is 6.01. The van der Waals surface area contributed by atoms with Crippen LogP contribution in [-0.2, 0) is 6.42 Å². The minimum absolute atomic E-state index is 0.265. The third-order valence-corrected chi connectivity index (χ3v) is 2.88. The molecule has 0 unspecified atom stereocenters. The van der Waals surface area contributed by atoms with Gasteiger partial charge in [-0.1, -0.05) is 34.1 Å². The van der Waals surface area contributed by atoms with Gasteiger partial charge in [0.25, 0.3) is 0 Å². The standard InChI is InChI=1S/C12H11BrO2/c13-7-3-4-9-8-12(14)15-11-6-2-1-5-10(9)11/h1-2,5-6,8H,3-4,7H2. The lowest BCUT2D eigenvalue weighted by molar-refractivity contribution is 0.558. The van der Waals surface area contributed by atoms with Crippen molar-refractivity contribution in [3.05, 3.63) is 46.3 Å². The van der Waals surface area contributed by atoms with Crippen molar-refractivity contribution < 1.29 is 4.42 Å². The molecule has 0 saturated heterocycles. The average molecular weight is 267 g/mol. The predicted octanol–water partition coefficient (Wildman–Crippen LogP) is 3.12. The maximum atomic E-state index is 11.3. The van der Waals surface area contributed by atoms with Gasteiger partial charge in [-0.25, -0.2) is 4.79 Å². The third kappa shape index (κ3) is 2.29. The molecule has 1 heterocycles. The van der Waals surface area contributed by atoms with Crippen LogP contribution in [0, 0.1) is 0 Å². The van der Waals surface area contributed by atoms with Gasteiger partial charge < -0.3 is 4.42 Å². The van der Waals surface area contributed by atoms with Gasteiger partial charge in [-0.05, 0) is 24.5 Å². The van der Waals surface area contributed by atoms with Gasteiger partial charge in [-0.3, -0.25) is 0 Å². The molecule has 0 N–H and O–H groups in total. The highest BCUT2D eigenvalue weighted by molar-refractivity contribution is 9.09. The number of halogens is 1. The van der Waals surface area contributed by atoms with Crippen LogP contribution in [0.2, 0.25) is 0 Å². The summed E-state index contributed by atoms with van der Waals surface area (Å²) >= 11 is 3.39. The van der Waals surface area contributed by atoms with E-state index in [2.05, 4.69) is 15.9 Å². The van der Waals surface area contributed by atoms with E-state index in [1.165, 1.54) is 0 Å². The Morgan fingerprint density at radius 1 is 1.27 bits per heavy atom. The number of para-hydroxylation sites is 1. The van der Waals surface area contributed by atoms with Crippen molar-refractivity contribution in [2.45, 2.75) is 12.8 Å². The van der Waals surface area contributed by atoms with Crippen LogP contribution in [-0.4, -0.2) is 5.33 Å². The SMILES string of the molecule is O=c1cc(CCCBr)c2ccccc2o1. The molecule has 0 spiro atoms. The van der Waals surface area contributed by atoms with Crippen LogP contribution in [0.15, 0.2) is 39.5 Å². The van der Waals surface area contributed by atoms with Gasteiger partial charge in [0.1, 0.15) is 5.58 Å². The molecular weight excluding hydrogens is 256 g/mol. The van der Waals surface area contributed by atoms with E-state index in [4.69, 9.17) is 4.42 Å². The summed E-state index contributed by atoms with van der Waals surface area (Å²) < 4.78 is 5.11. The molecule has 1 aromatic heterocycles. The zero-order chi connectivity index (χ0) is 10.7. The molecule has 0 aliphatic carbocycles. The maximum absolute atomic E-state index is 11.3. The summed E-state index contributed by atoms with van der Waals surface area (Å²) in [6.07, 6.45) is 1.92. The van der Waals surface area contributed by atoms with Crippen LogP contribution in [0.1, 0.15) is 12.0 Å². The monoisotopic (exact) mass is 266 g/mol. The maximum Gasteiger partial charge on any atom is 0.336 e. The van der Waals surface area contributed by atoms with E-state index in [9.17, 15) is 4.79 Å². The molecule has 15 heavy (non-hydrogen) atoms. The molecule has 0 aliphatic rings.